The maximum absolute atomic E-state index is 11.5. The van der Waals surface area contributed by atoms with E-state index >= 15 is 0 Å². The first-order valence-electron chi connectivity index (χ1n) is 7.81. The molecule has 0 radical (unpaired) electrons. The largest absolute Gasteiger partial charge is 0.496 e. The number of amides is 1. The fraction of sp³-hybridized carbons (Fsp3) is 0.222. The van der Waals surface area contributed by atoms with E-state index in [9.17, 15) is 4.79 Å². The Labute approximate surface area is 145 Å². The van der Waals surface area contributed by atoms with Gasteiger partial charge in [0.25, 0.3) is 5.95 Å². The van der Waals surface area contributed by atoms with Crippen molar-refractivity contribution in [3.05, 3.63) is 47.8 Å². The number of ether oxygens (including phenoxy) is 1. The molecule has 0 atom stereocenters. The third-order valence-electron chi connectivity index (χ3n) is 3.60. The molecule has 25 heavy (non-hydrogen) atoms. The summed E-state index contributed by atoms with van der Waals surface area (Å²) in [6.07, 6.45) is 0. The first-order chi connectivity index (χ1) is 12.0. The number of hydrogen-bond acceptors (Lipinski definition) is 5. The van der Waals surface area contributed by atoms with E-state index in [1.807, 2.05) is 44.2 Å². The smallest absolute Gasteiger partial charge is 0.253 e. The molecule has 1 amide bonds. The fourth-order valence-electron chi connectivity index (χ4n) is 2.60. The van der Waals surface area contributed by atoms with Gasteiger partial charge in [-0.15, -0.1) is 0 Å². The Morgan fingerprint density at radius 1 is 1.16 bits per heavy atom. The lowest BCUT2D eigenvalue weighted by Crippen LogP contribution is -2.12. The van der Waals surface area contributed by atoms with Gasteiger partial charge >= 0.3 is 0 Å². The number of para-hydroxylation sites is 1. The molecule has 7 heteroatoms. The Morgan fingerprint density at radius 3 is 2.56 bits per heavy atom. The highest BCUT2D eigenvalue weighted by Crippen LogP contribution is 2.30. The molecule has 0 aliphatic heterocycles. The number of anilines is 1. The molecule has 3 rings (SSSR count). The molecule has 0 bridgehead atoms. The lowest BCUT2D eigenvalue weighted by atomic mass is 10.1. The molecule has 1 aromatic carbocycles. The van der Waals surface area contributed by atoms with Gasteiger partial charge in [0.1, 0.15) is 11.6 Å². The predicted molar refractivity (Wildman–Crippen MR) is 94.9 cm³/mol. The molecule has 0 aliphatic carbocycles. The van der Waals surface area contributed by atoms with E-state index in [2.05, 4.69) is 20.4 Å². The fourth-order valence-corrected chi connectivity index (χ4v) is 2.60. The molecule has 7 nitrogen and oxygen atoms in total. The second kappa shape index (κ2) is 6.72. The van der Waals surface area contributed by atoms with Gasteiger partial charge in [-0.25, -0.2) is 9.67 Å². The number of carbonyl (C=O) groups is 1. The highest BCUT2D eigenvalue weighted by Gasteiger charge is 2.14. The van der Waals surface area contributed by atoms with Crippen LogP contribution in [0.3, 0.4) is 0 Å². The number of aromatic nitrogens is 4. The van der Waals surface area contributed by atoms with E-state index in [1.54, 1.807) is 17.9 Å². The number of methoxy groups -OCH3 is 1. The number of carbonyl (C=O) groups excluding carboxylic acids is 1. The van der Waals surface area contributed by atoms with E-state index in [-0.39, 0.29) is 5.91 Å². The van der Waals surface area contributed by atoms with Gasteiger partial charge in [0.05, 0.1) is 18.5 Å². The highest BCUT2D eigenvalue weighted by molar-refractivity contribution is 5.88. The summed E-state index contributed by atoms with van der Waals surface area (Å²) in [4.78, 5) is 20.5. The van der Waals surface area contributed by atoms with Gasteiger partial charge in [0.15, 0.2) is 0 Å². The second-order valence-electron chi connectivity index (χ2n) is 5.66. The van der Waals surface area contributed by atoms with Gasteiger partial charge in [-0.3, -0.25) is 4.79 Å². The molecule has 1 N–H and O–H groups in total. The average molecular weight is 337 g/mol. The van der Waals surface area contributed by atoms with Crippen LogP contribution in [0.2, 0.25) is 0 Å². The van der Waals surface area contributed by atoms with Crippen molar-refractivity contribution in [2.45, 2.75) is 20.8 Å². The summed E-state index contributed by atoms with van der Waals surface area (Å²) in [6, 6.07) is 11.2. The van der Waals surface area contributed by atoms with Gasteiger partial charge in [-0.2, -0.15) is 10.1 Å². The maximum Gasteiger partial charge on any atom is 0.253 e. The number of nitrogens with one attached hydrogen (secondary N) is 1. The molecule has 128 valence electrons. The molecular formula is C18H19N5O2. The standard InChI is InChI=1S/C18H19N5O2/c1-11-9-12(2)23(22-11)18-20-15(10-17(21-18)19-13(3)24)14-7-5-6-8-16(14)25-4/h5-10H,1-4H3,(H,19,20,21,24). The first-order valence-corrected chi connectivity index (χ1v) is 7.81. The van der Waals surface area contributed by atoms with Gasteiger partial charge in [0, 0.05) is 24.2 Å². The molecule has 0 spiro atoms. The van der Waals surface area contributed by atoms with Gasteiger partial charge < -0.3 is 10.1 Å². The van der Waals surface area contributed by atoms with Crippen molar-refractivity contribution in [2.75, 3.05) is 12.4 Å². The molecule has 0 saturated heterocycles. The van der Waals surface area contributed by atoms with Crippen LogP contribution in [0.1, 0.15) is 18.3 Å². The van der Waals surface area contributed by atoms with Crippen molar-refractivity contribution in [3.8, 4) is 23.0 Å². The van der Waals surface area contributed by atoms with Crippen LogP contribution < -0.4 is 10.1 Å². The topological polar surface area (TPSA) is 81.9 Å². The van der Waals surface area contributed by atoms with Crippen LogP contribution in [0.25, 0.3) is 17.2 Å². The number of hydrogen-bond donors (Lipinski definition) is 1. The molecule has 2 heterocycles. The lowest BCUT2D eigenvalue weighted by molar-refractivity contribution is -0.114. The van der Waals surface area contributed by atoms with E-state index < -0.39 is 0 Å². The summed E-state index contributed by atoms with van der Waals surface area (Å²) in [5.74, 6) is 1.28. The Bertz CT molecular complexity index is 933. The van der Waals surface area contributed by atoms with E-state index in [1.165, 1.54) is 6.92 Å². The van der Waals surface area contributed by atoms with E-state index in [0.29, 0.717) is 23.2 Å². The molecule has 3 aromatic rings. The van der Waals surface area contributed by atoms with Crippen molar-refractivity contribution < 1.29 is 9.53 Å². The minimum absolute atomic E-state index is 0.205. The zero-order chi connectivity index (χ0) is 18.0. The van der Waals surface area contributed by atoms with E-state index in [4.69, 9.17) is 4.74 Å². The van der Waals surface area contributed by atoms with Crippen molar-refractivity contribution >= 4 is 11.7 Å². The van der Waals surface area contributed by atoms with Gasteiger partial charge in [-0.05, 0) is 32.0 Å². The van der Waals surface area contributed by atoms with Crippen molar-refractivity contribution in [1.29, 1.82) is 0 Å². The predicted octanol–water partition coefficient (Wildman–Crippen LogP) is 2.91. The maximum atomic E-state index is 11.5. The van der Waals surface area contributed by atoms with Crippen LogP contribution in [0, 0.1) is 13.8 Å². The number of aryl methyl sites for hydroxylation is 2. The quantitative estimate of drug-likeness (QED) is 0.791. The highest BCUT2D eigenvalue weighted by atomic mass is 16.5. The van der Waals surface area contributed by atoms with Crippen LogP contribution in [0.15, 0.2) is 36.4 Å². The van der Waals surface area contributed by atoms with Gasteiger partial charge in [-0.1, -0.05) is 12.1 Å². The zero-order valence-electron chi connectivity index (χ0n) is 14.6. The van der Waals surface area contributed by atoms with Crippen molar-refractivity contribution in [1.82, 2.24) is 19.7 Å². The average Bonchev–Trinajstić information content (AvgIpc) is 2.92. The normalized spacial score (nSPS) is 10.6. The summed E-state index contributed by atoms with van der Waals surface area (Å²) < 4.78 is 7.08. The molecule has 0 aliphatic rings. The molecule has 0 unspecified atom stereocenters. The monoisotopic (exact) mass is 337 g/mol. The molecular weight excluding hydrogens is 318 g/mol. The number of rotatable bonds is 4. The third-order valence-corrected chi connectivity index (χ3v) is 3.60. The van der Waals surface area contributed by atoms with Crippen LogP contribution in [0.4, 0.5) is 5.82 Å². The van der Waals surface area contributed by atoms with Crippen LogP contribution in [-0.2, 0) is 4.79 Å². The summed E-state index contributed by atoms with van der Waals surface area (Å²) in [6.45, 7) is 5.27. The Kier molecular flexibility index (Phi) is 4.47. The third kappa shape index (κ3) is 3.50. The van der Waals surface area contributed by atoms with Crippen LogP contribution in [-0.4, -0.2) is 32.8 Å². The Morgan fingerprint density at radius 2 is 1.92 bits per heavy atom. The lowest BCUT2D eigenvalue weighted by Gasteiger charge is -2.12. The van der Waals surface area contributed by atoms with Crippen molar-refractivity contribution in [3.63, 3.8) is 0 Å². The minimum atomic E-state index is -0.205. The summed E-state index contributed by atoms with van der Waals surface area (Å²) in [5.41, 5.74) is 3.22. The Hall–Kier alpha value is -3.22. The van der Waals surface area contributed by atoms with E-state index in [0.717, 1.165) is 17.0 Å². The summed E-state index contributed by atoms with van der Waals surface area (Å²) in [5, 5.41) is 7.14. The summed E-state index contributed by atoms with van der Waals surface area (Å²) in [7, 11) is 1.61. The molecule has 0 saturated carbocycles. The first kappa shape index (κ1) is 16.6. The number of benzene rings is 1. The molecule has 2 aromatic heterocycles. The Balaban J connectivity index is 2.20. The molecule has 0 fully saturated rings. The van der Waals surface area contributed by atoms with Gasteiger partial charge in [0.2, 0.25) is 5.91 Å². The van der Waals surface area contributed by atoms with Crippen molar-refractivity contribution in [2.24, 2.45) is 0 Å². The number of nitrogens with zero attached hydrogens (tertiary/aromatic N) is 4. The van der Waals surface area contributed by atoms with Crippen LogP contribution in [0.5, 0.6) is 5.75 Å². The minimum Gasteiger partial charge on any atom is -0.496 e. The van der Waals surface area contributed by atoms with Crippen LogP contribution >= 0.6 is 0 Å². The SMILES string of the molecule is COc1ccccc1-c1cc(NC(C)=O)nc(-n2nc(C)cc2C)n1. The second-order valence-corrected chi connectivity index (χ2v) is 5.66. The summed E-state index contributed by atoms with van der Waals surface area (Å²) >= 11 is 0. The zero-order valence-corrected chi connectivity index (χ0v) is 14.6.